The van der Waals surface area contributed by atoms with Gasteiger partial charge in [0.05, 0.1) is 18.2 Å². The molecule has 9 nitrogen and oxygen atoms in total. The zero-order valence-corrected chi connectivity index (χ0v) is 17.2. The Kier molecular flexibility index (Phi) is 4.82. The lowest BCUT2D eigenvalue weighted by Gasteiger charge is -2.32. The minimum atomic E-state index is -0.334. The fraction of sp³-hybridized carbons (Fsp3) is 0.364. The second-order valence-corrected chi connectivity index (χ2v) is 7.93. The first-order chi connectivity index (χ1) is 15.0. The van der Waals surface area contributed by atoms with E-state index in [1.165, 1.54) is 4.40 Å². The lowest BCUT2D eigenvalue weighted by Crippen LogP contribution is -2.40. The third-order valence-electron chi connectivity index (χ3n) is 5.84. The predicted octanol–water partition coefficient (Wildman–Crippen LogP) is 1.53. The summed E-state index contributed by atoms with van der Waals surface area (Å²) in [5.74, 6) is 1.06. The number of rotatable bonds is 2. The Morgan fingerprint density at radius 3 is 2.77 bits per heavy atom. The van der Waals surface area contributed by atoms with Gasteiger partial charge < -0.3 is 19.6 Å². The first-order valence-corrected chi connectivity index (χ1v) is 10.4. The molecule has 3 aromatic rings. The highest BCUT2D eigenvalue weighted by atomic mass is 16.5. The van der Waals surface area contributed by atoms with Crippen LogP contribution in [0.2, 0.25) is 0 Å². The van der Waals surface area contributed by atoms with Crippen LogP contribution >= 0.6 is 0 Å². The minimum absolute atomic E-state index is 0.0922. The Hall–Kier alpha value is -3.46. The number of likely N-dealkylation sites (tertiary alicyclic amines) is 1. The van der Waals surface area contributed by atoms with E-state index in [2.05, 4.69) is 9.97 Å². The Morgan fingerprint density at radius 2 is 1.97 bits per heavy atom. The van der Waals surface area contributed by atoms with E-state index in [-0.39, 0.29) is 17.6 Å². The van der Waals surface area contributed by atoms with Crippen LogP contribution in [0.5, 0.6) is 5.75 Å². The van der Waals surface area contributed by atoms with Gasteiger partial charge in [-0.2, -0.15) is 0 Å². The Labute approximate surface area is 178 Å². The zero-order chi connectivity index (χ0) is 21.5. The number of aryl methyl sites for hydroxylation is 1. The molecule has 1 fully saturated rings. The number of hydrogen-bond donors (Lipinski definition) is 1. The molecule has 160 valence electrons. The quantitative estimate of drug-likeness (QED) is 0.670. The number of aromatic nitrogens is 3. The lowest BCUT2D eigenvalue weighted by molar-refractivity contribution is 0.0545. The molecular weight excluding hydrogens is 398 g/mol. The van der Waals surface area contributed by atoms with Crippen molar-refractivity contribution in [1.29, 1.82) is 0 Å². The number of anilines is 2. The van der Waals surface area contributed by atoms with Gasteiger partial charge in [-0.15, -0.1) is 0 Å². The third-order valence-corrected chi connectivity index (χ3v) is 5.84. The molecule has 1 saturated heterocycles. The zero-order valence-electron chi connectivity index (χ0n) is 17.2. The van der Waals surface area contributed by atoms with E-state index in [1.54, 1.807) is 36.5 Å². The normalized spacial score (nSPS) is 16.8. The largest absolute Gasteiger partial charge is 0.488 e. The molecule has 5 rings (SSSR count). The molecule has 0 radical (unpaired) electrons. The number of piperidine rings is 1. The van der Waals surface area contributed by atoms with Gasteiger partial charge in [-0.1, -0.05) is 0 Å². The summed E-state index contributed by atoms with van der Waals surface area (Å²) in [5, 5.41) is 9.67. The molecule has 0 spiro atoms. The van der Waals surface area contributed by atoms with Crippen molar-refractivity contribution < 1.29 is 14.6 Å². The molecule has 0 aromatic carbocycles. The second-order valence-electron chi connectivity index (χ2n) is 7.93. The first kappa shape index (κ1) is 19.5. The van der Waals surface area contributed by atoms with Crippen LogP contribution in [0, 0.1) is 6.92 Å². The van der Waals surface area contributed by atoms with Gasteiger partial charge in [-0.05, 0) is 31.9 Å². The van der Waals surface area contributed by atoms with Crippen molar-refractivity contribution in [2.45, 2.75) is 25.9 Å². The molecule has 1 amide bonds. The standard InChI is InChI=1S/C22H23N5O4/c1-14-12-23-19-11-16(2-7-27(19)21(14)29)26-8-9-31-18-10-15(13-24-20(18)26)22(30)25-5-3-17(28)4-6-25/h2,7,10-13,17,28H,3-6,8-9H2,1H3. The molecule has 0 saturated carbocycles. The third kappa shape index (κ3) is 3.50. The van der Waals surface area contributed by atoms with Crippen LogP contribution in [0.15, 0.2) is 41.6 Å². The summed E-state index contributed by atoms with van der Waals surface area (Å²) in [7, 11) is 0. The van der Waals surface area contributed by atoms with Crippen molar-refractivity contribution in [3.05, 3.63) is 58.3 Å². The topological polar surface area (TPSA) is 100 Å². The maximum Gasteiger partial charge on any atom is 0.260 e. The van der Waals surface area contributed by atoms with E-state index in [0.29, 0.717) is 67.4 Å². The smallest absolute Gasteiger partial charge is 0.260 e. The van der Waals surface area contributed by atoms with Crippen LogP contribution in [0.4, 0.5) is 11.5 Å². The monoisotopic (exact) mass is 421 g/mol. The second kappa shape index (κ2) is 7.66. The van der Waals surface area contributed by atoms with Crippen molar-refractivity contribution in [3.63, 3.8) is 0 Å². The van der Waals surface area contributed by atoms with E-state index >= 15 is 0 Å². The Balaban J connectivity index is 1.45. The van der Waals surface area contributed by atoms with Crippen molar-refractivity contribution in [1.82, 2.24) is 19.3 Å². The highest BCUT2D eigenvalue weighted by Crippen LogP contribution is 2.35. The van der Waals surface area contributed by atoms with Gasteiger partial charge in [0, 0.05) is 49.0 Å². The number of aliphatic hydroxyl groups is 1. The highest BCUT2D eigenvalue weighted by molar-refractivity contribution is 5.95. The number of fused-ring (bicyclic) bond motifs is 2. The molecule has 0 aliphatic carbocycles. The maximum atomic E-state index is 12.8. The van der Waals surface area contributed by atoms with E-state index in [4.69, 9.17) is 4.74 Å². The van der Waals surface area contributed by atoms with Gasteiger partial charge in [0.25, 0.3) is 11.5 Å². The van der Waals surface area contributed by atoms with Gasteiger partial charge >= 0.3 is 0 Å². The van der Waals surface area contributed by atoms with E-state index in [9.17, 15) is 14.7 Å². The number of carbonyl (C=O) groups is 1. The molecular formula is C22H23N5O4. The summed E-state index contributed by atoms with van der Waals surface area (Å²) in [4.78, 5) is 37.8. The molecule has 9 heteroatoms. The summed E-state index contributed by atoms with van der Waals surface area (Å²) in [5.41, 5.74) is 2.37. The van der Waals surface area contributed by atoms with Crippen molar-refractivity contribution in [3.8, 4) is 5.75 Å². The maximum absolute atomic E-state index is 12.8. The van der Waals surface area contributed by atoms with E-state index in [1.807, 2.05) is 17.0 Å². The molecule has 1 N–H and O–H groups in total. The summed E-state index contributed by atoms with van der Waals surface area (Å²) in [6, 6.07) is 5.43. The summed E-state index contributed by atoms with van der Waals surface area (Å²) in [6.07, 6.45) is 5.70. The number of nitrogens with zero attached hydrogens (tertiary/aromatic N) is 5. The highest BCUT2D eigenvalue weighted by Gasteiger charge is 2.26. The molecule has 31 heavy (non-hydrogen) atoms. The van der Waals surface area contributed by atoms with Crippen LogP contribution in [0.25, 0.3) is 5.65 Å². The molecule has 3 aromatic heterocycles. The van der Waals surface area contributed by atoms with Crippen LogP contribution in [0.1, 0.15) is 28.8 Å². The van der Waals surface area contributed by atoms with E-state index < -0.39 is 0 Å². The average molecular weight is 421 g/mol. The molecule has 2 aliphatic rings. The first-order valence-electron chi connectivity index (χ1n) is 10.4. The Morgan fingerprint density at radius 1 is 1.16 bits per heavy atom. The number of aliphatic hydroxyl groups excluding tert-OH is 1. The van der Waals surface area contributed by atoms with Gasteiger partial charge in [0.15, 0.2) is 11.6 Å². The van der Waals surface area contributed by atoms with Crippen molar-refractivity contribution in [2.75, 3.05) is 31.1 Å². The van der Waals surface area contributed by atoms with Crippen molar-refractivity contribution >= 4 is 23.1 Å². The Bertz CT molecular complexity index is 1220. The fourth-order valence-corrected chi connectivity index (χ4v) is 4.04. The number of pyridine rings is 2. The van der Waals surface area contributed by atoms with Crippen LogP contribution in [0.3, 0.4) is 0 Å². The van der Waals surface area contributed by atoms with Gasteiger partial charge in [0.1, 0.15) is 12.3 Å². The number of amides is 1. The van der Waals surface area contributed by atoms with Crippen LogP contribution in [-0.2, 0) is 0 Å². The minimum Gasteiger partial charge on any atom is -0.488 e. The van der Waals surface area contributed by atoms with Gasteiger partial charge in [0.2, 0.25) is 0 Å². The summed E-state index contributed by atoms with van der Waals surface area (Å²) in [6.45, 7) is 3.84. The molecule has 0 bridgehead atoms. The van der Waals surface area contributed by atoms with E-state index in [0.717, 1.165) is 5.69 Å². The molecule has 5 heterocycles. The summed E-state index contributed by atoms with van der Waals surface area (Å²) < 4.78 is 7.33. The van der Waals surface area contributed by atoms with Crippen LogP contribution < -0.4 is 15.2 Å². The predicted molar refractivity (Wildman–Crippen MR) is 114 cm³/mol. The molecule has 0 unspecified atom stereocenters. The van der Waals surface area contributed by atoms with Gasteiger partial charge in [-0.25, -0.2) is 9.97 Å². The van der Waals surface area contributed by atoms with Crippen molar-refractivity contribution in [2.24, 2.45) is 0 Å². The number of carbonyl (C=O) groups excluding carboxylic acids is 1. The van der Waals surface area contributed by atoms with Crippen LogP contribution in [-0.4, -0.2) is 62.6 Å². The molecule has 0 atom stereocenters. The fourth-order valence-electron chi connectivity index (χ4n) is 4.04. The number of hydrogen-bond acceptors (Lipinski definition) is 7. The SMILES string of the molecule is Cc1cnc2cc(N3CCOc4cc(C(=O)N5CCC(O)CC5)cnc43)ccn2c1=O. The lowest BCUT2D eigenvalue weighted by atomic mass is 10.1. The summed E-state index contributed by atoms with van der Waals surface area (Å²) >= 11 is 0. The molecule has 2 aliphatic heterocycles. The number of ether oxygens (including phenoxy) is 1. The average Bonchev–Trinajstić information content (AvgIpc) is 2.80. The van der Waals surface area contributed by atoms with Gasteiger partial charge in [-0.3, -0.25) is 14.0 Å².